The number of nitrogens with one attached hydrogen (secondary N) is 2. The van der Waals surface area contributed by atoms with Gasteiger partial charge < -0.3 is 10.6 Å². The molecule has 0 spiro atoms. The van der Waals surface area contributed by atoms with Gasteiger partial charge in [-0.1, -0.05) is 20.8 Å². The van der Waals surface area contributed by atoms with Crippen LogP contribution in [0.15, 0.2) is 4.99 Å². The Hall–Kier alpha value is -0.770. The maximum absolute atomic E-state index is 4.27. The molecule has 4 nitrogen and oxygen atoms in total. The molecule has 1 saturated heterocycles. The molecule has 19 heavy (non-hydrogen) atoms. The minimum Gasteiger partial charge on any atom is -0.356 e. The number of likely N-dealkylation sites (tertiary alicyclic amines) is 1. The summed E-state index contributed by atoms with van der Waals surface area (Å²) in [6.45, 7) is 13.5. The number of hydrogen-bond acceptors (Lipinski definition) is 2. The number of aliphatic imine (C=N–C) groups is 1. The van der Waals surface area contributed by atoms with Crippen LogP contribution in [0.5, 0.6) is 0 Å². The summed E-state index contributed by atoms with van der Waals surface area (Å²) in [7, 11) is 1.84. The molecule has 0 aliphatic carbocycles. The zero-order valence-electron chi connectivity index (χ0n) is 13.4. The Kier molecular flexibility index (Phi) is 7.21. The minimum absolute atomic E-state index is 0.570. The molecule has 1 aliphatic rings. The van der Waals surface area contributed by atoms with E-state index in [0.717, 1.165) is 25.0 Å². The molecule has 0 saturated carbocycles. The van der Waals surface area contributed by atoms with Crippen LogP contribution in [0, 0.1) is 11.8 Å². The van der Waals surface area contributed by atoms with Gasteiger partial charge >= 0.3 is 0 Å². The second-order valence-corrected chi connectivity index (χ2v) is 6.32. The van der Waals surface area contributed by atoms with Crippen molar-refractivity contribution in [3.63, 3.8) is 0 Å². The highest BCUT2D eigenvalue weighted by molar-refractivity contribution is 5.79. The van der Waals surface area contributed by atoms with Gasteiger partial charge in [-0.25, -0.2) is 0 Å². The van der Waals surface area contributed by atoms with E-state index in [2.05, 4.69) is 48.2 Å². The highest BCUT2D eigenvalue weighted by Crippen LogP contribution is 2.17. The van der Waals surface area contributed by atoms with Gasteiger partial charge in [-0.05, 0) is 38.1 Å². The fourth-order valence-corrected chi connectivity index (χ4v) is 2.52. The topological polar surface area (TPSA) is 39.7 Å². The summed E-state index contributed by atoms with van der Waals surface area (Å²) in [4.78, 5) is 6.86. The van der Waals surface area contributed by atoms with E-state index in [4.69, 9.17) is 0 Å². The van der Waals surface area contributed by atoms with Gasteiger partial charge in [-0.3, -0.25) is 9.89 Å². The van der Waals surface area contributed by atoms with Gasteiger partial charge in [0.15, 0.2) is 5.96 Å². The van der Waals surface area contributed by atoms with E-state index < -0.39 is 0 Å². The van der Waals surface area contributed by atoms with Crippen LogP contribution in [-0.2, 0) is 0 Å². The lowest BCUT2D eigenvalue weighted by Gasteiger charge is -2.35. The first-order valence-corrected chi connectivity index (χ1v) is 7.71. The number of guanidine groups is 1. The Morgan fingerprint density at radius 2 is 1.95 bits per heavy atom. The van der Waals surface area contributed by atoms with Crippen molar-refractivity contribution >= 4 is 5.96 Å². The van der Waals surface area contributed by atoms with E-state index in [9.17, 15) is 0 Å². The van der Waals surface area contributed by atoms with Crippen molar-refractivity contribution in [3.8, 4) is 0 Å². The van der Waals surface area contributed by atoms with Crippen molar-refractivity contribution in [2.24, 2.45) is 16.8 Å². The predicted molar refractivity (Wildman–Crippen MR) is 83.6 cm³/mol. The Morgan fingerprint density at radius 1 is 1.26 bits per heavy atom. The van der Waals surface area contributed by atoms with Crippen LogP contribution < -0.4 is 10.6 Å². The molecule has 1 heterocycles. The summed E-state index contributed by atoms with van der Waals surface area (Å²) in [5.41, 5.74) is 0. The van der Waals surface area contributed by atoms with Gasteiger partial charge in [-0.15, -0.1) is 0 Å². The Balaban J connectivity index is 2.29. The lowest BCUT2D eigenvalue weighted by atomic mass is 9.99. The fourth-order valence-electron chi connectivity index (χ4n) is 2.52. The first kappa shape index (κ1) is 16.3. The summed E-state index contributed by atoms with van der Waals surface area (Å²) >= 11 is 0. The lowest BCUT2D eigenvalue weighted by Crippen LogP contribution is -2.49. The molecule has 0 amide bonds. The van der Waals surface area contributed by atoms with Gasteiger partial charge in [0.1, 0.15) is 0 Å². The SMILES string of the molecule is CN=C(NCC(C)C)NCC(C)N1CCCC(C)C1. The third-order valence-electron chi connectivity index (χ3n) is 3.78. The fraction of sp³-hybridized carbons (Fsp3) is 0.933. The zero-order chi connectivity index (χ0) is 14.3. The molecule has 0 aromatic heterocycles. The maximum Gasteiger partial charge on any atom is 0.191 e. The van der Waals surface area contributed by atoms with E-state index in [1.54, 1.807) is 0 Å². The second kappa shape index (κ2) is 8.41. The van der Waals surface area contributed by atoms with Gasteiger partial charge in [-0.2, -0.15) is 0 Å². The number of nitrogens with zero attached hydrogens (tertiary/aromatic N) is 2. The number of rotatable bonds is 5. The van der Waals surface area contributed by atoms with Gasteiger partial charge in [0, 0.05) is 32.7 Å². The third kappa shape index (κ3) is 6.28. The van der Waals surface area contributed by atoms with E-state index in [1.807, 2.05) is 7.05 Å². The van der Waals surface area contributed by atoms with E-state index in [-0.39, 0.29) is 0 Å². The molecule has 4 heteroatoms. The van der Waals surface area contributed by atoms with Crippen molar-refractivity contribution in [2.45, 2.75) is 46.6 Å². The summed E-state index contributed by atoms with van der Waals surface area (Å²) in [5.74, 6) is 2.40. The van der Waals surface area contributed by atoms with Gasteiger partial charge in [0.25, 0.3) is 0 Å². The monoisotopic (exact) mass is 268 g/mol. The van der Waals surface area contributed by atoms with Crippen molar-refractivity contribution in [1.29, 1.82) is 0 Å². The summed E-state index contributed by atoms with van der Waals surface area (Å²) in [6.07, 6.45) is 2.72. The number of hydrogen-bond donors (Lipinski definition) is 2. The van der Waals surface area contributed by atoms with Crippen molar-refractivity contribution in [2.75, 3.05) is 33.2 Å². The standard InChI is InChI=1S/C15H32N4/c1-12(2)9-17-15(16-5)18-10-14(4)19-8-6-7-13(3)11-19/h12-14H,6-11H2,1-5H3,(H2,16,17,18). The molecule has 0 bridgehead atoms. The molecule has 112 valence electrons. The van der Waals surface area contributed by atoms with E-state index in [1.165, 1.54) is 25.9 Å². The largest absolute Gasteiger partial charge is 0.356 e. The molecule has 1 fully saturated rings. The quantitative estimate of drug-likeness (QED) is 0.591. The number of piperidine rings is 1. The maximum atomic E-state index is 4.27. The Morgan fingerprint density at radius 3 is 2.53 bits per heavy atom. The van der Waals surface area contributed by atoms with Crippen LogP contribution in [0.25, 0.3) is 0 Å². The molecule has 0 radical (unpaired) electrons. The van der Waals surface area contributed by atoms with Crippen LogP contribution in [0.4, 0.5) is 0 Å². The summed E-state index contributed by atoms with van der Waals surface area (Å²) in [5, 5.41) is 6.79. The molecule has 2 N–H and O–H groups in total. The molecule has 0 aromatic rings. The van der Waals surface area contributed by atoms with Crippen molar-refractivity contribution < 1.29 is 0 Å². The summed E-state index contributed by atoms with van der Waals surface area (Å²) in [6, 6.07) is 0.570. The highest BCUT2D eigenvalue weighted by Gasteiger charge is 2.20. The van der Waals surface area contributed by atoms with Crippen LogP contribution in [0.3, 0.4) is 0 Å². The average Bonchev–Trinajstić information content (AvgIpc) is 2.38. The first-order valence-electron chi connectivity index (χ1n) is 7.71. The first-order chi connectivity index (χ1) is 9.02. The van der Waals surface area contributed by atoms with Crippen molar-refractivity contribution in [1.82, 2.24) is 15.5 Å². The molecular weight excluding hydrogens is 236 g/mol. The predicted octanol–water partition coefficient (Wildman–Crippen LogP) is 1.93. The van der Waals surface area contributed by atoms with E-state index >= 15 is 0 Å². The highest BCUT2D eigenvalue weighted by atomic mass is 15.2. The molecule has 2 atom stereocenters. The van der Waals surface area contributed by atoms with Crippen molar-refractivity contribution in [3.05, 3.63) is 0 Å². The van der Waals surface area contributed by atoms with E-state index in [0.29, 0.717) is 12.0 Å². The summed E-state index contributed by atoms with van der Waals surface area (Å²) < 4.78 is 0. The smallest absolute Gasteiger partial charge is 0.191 e. The molecular formula is C15H32N4. The second-order valence-electron chi connectivity index (χ2n) is 6.32. The third-order valence-corrected chi connectivity index (χ3v) is 3.78. The molecule has 0 aromatic carbocycles. The molecule has 1 aliphatic heterocycles. The van der Waals surface area contributed by atoms with Gasteiger partial charge in [0.05, 0.1) is 0 Å². The molecule has 2 unspecified atom stereocenters. The zero-order valence-corrected chi connectivity index (χ0v) is 13.4. The Bertz CT molecular complexity index is 275. The van der Waals surface area contributed by atoms with Crippen LogP contribution in [0.1, 0.15) is 40.5 Å². The van der Waals surface area contributed by atoms with Crippen LogP contribution in [0.2, 0.25) is 0 Å². The Labute approximate surface area is 119 Å². The normalized spacial score (nSPS) is 23.5. The lowest BCUT2D eigenvalue weighted by molar-refractivity contribution is 0.139. The van der Waals surface area contributed by atoms with Crippen LogP contribution in [-0.4, -0.2) is 50.1 Å². The minimum atomic E-state index is 0.570. The molecule has 1 rings (SSSR count). The van der Waals surface area contributed by atoms with Gasteiger partial charge in [0.2, 0.25) is 0 Å². The van der Waals surface area contributed by atoms with Crippen LogP contribution >= 0.6 is 0 Å². The average molecular weight is 268 g/mol.